The molecule has 0 saturated heterocycles. The Kier molecular flexibility index (Phi) is 6.14. The second-order valence-corrected chi connectivity index (χ2v) is 8.63. The molecule has 1 heterocycles. The highest BCUT2D eigenvalue weighted by atomic mass is 35.5. The standard InChI is InChI=1S/C23H24Cl2N2O2/c24-18-10-11-20(25)17(12-18)13-19-21(26-23(29)27-22(19)28)16-8-6-15(7-9-16)14-4-2-1-3-5-14/h1-5,10-12,15-16,23,26,29H,6-9,13H2,(H,27,28). The Hall–Kier alpha value is -2.01. The van der Waals surface area contributed by atoms with Crippen LogP contribution in [-0.4, -0.2) is 17.4 Å². The molecule has 0 bridgehead atoms. The molecule has 0 aromatic heterocycles. The SMILES string of the molecule is O=C1NC(O)NC(C2CCC(c3ccccc3)CC2)=C1Cc1cc(Cl)ccc1Cl. The van der Waals surface area contributed by atoms with Gasteiger partial charge in [-0.2, -0.15) is 0 Å². The van der Waals surface area contributed by atoms with E-state index in [1.165, 1.54) is 5.56 Å². The average molecular weight is 431 g/mol. The van der Waals surface area contributed by atoms with E-state index in [4.69, 9.17) is 23.2 Å². The highest BCUT2D eigenvalue weighted by molar-refractivity contribution is 6.33. The van der Waals surface area contributed by atoms with Crippen LogP contribution in [0.1, 0.15) is 42.7 Å². The quantitative estimate of drug-likeness (QED) is 0.654. The number of carbonyl (C=O) groups excluding carboxylic acids is 1. The summed E-state index contributed by atoms with van der Waals surface area (Å²) in [6, 6.07) is 15.8. The van der Waals surface area contributed by atoms with Gasteiger partial charge in [0.25, 0.3) is 5.91 Å². The molecule has 29 heavy (non-hydrogen) atoms. The smallest absolute Gasteiger partial charge is 0.252 e. The van der Waals surface area contributed by atoms with Crippen molar-refractivity contribution in [2.75, 3.05) is 0 Å². The summed E-state index contributed by atoms with van der Waals surface area (Å²) in [5.74, 6) is 0.498. The van der Waals surface area contributed by atoms with Crippen molar-refractivity contribution in [2.45, 2.75) is 44.4 Å². The number of rotatable bonds is 4. The molecule has 152 valence electrons. The summed E-state index contributed by atoms with van der Waals surface area (Å²) in [7, 11) is 0. The van der Waals surface area contributed by atoms with Crippen molar-refractivity contribution in [1.82, 2.24) is 10.6 Å². The van der Waals surface area contributed by atoms with E-state index in [9.17, 15) is 9.90 Å². The van der Waals surface area contributed by atoms with Gasteiger partial charge in [-0.15, -0.1) is 0 Å². The largest absolute Gasteiger partial charge is 0.356 e. The fourth-order valence-electron chi connectivity index (χ4n) is 4.45. The van der Waals surface area contributed by atoms with Gasteiger partial charge in [0, 0.05) is 27.7 Å². The lowest BCUT2D eigenvalue weighted by Crippen LogP contribution is -2.52. The summed E-state index contributed by atoms with van der Waals surface area (Å²) in [6.07, 6.45) is 3.36. The van der Waals surface area contributed by atoms with Crippen molar-refractivity contribution in [3.63, 3.8) is 0 Å². The second-order valence-electron chi connectivity index (χ2n) is 7.78. The van der Waals surface area contributed by atoms with E-state index < -0.39 is 6.35 Å². The first-order valence-corrected chi connectivity index (χ1v) is 10.7. The lowest BCUT2D eigenvalue weighted by molar-refractivity contribution is -0.122. The maximum absolute atomic E-state index is 12.7. The molecule has 1 unspecified atom stereocenters. The monoisotopic (exact) mass is 430 g/mol. The maximum atomic E-state index is 12.7. The number of carbonyl (C=O) groups is 1. The van der Waals surface area contributed by atoms with Crippen LogP contribution < -0.4 is 10.6 Å². The Morgan fingerprint density at radius 2 is 1.62 bits per heavy atom. The minimum Gasteiger partial charge on any atom is -0.356 e. The van der Waals surface area contributed by atoms with Crippen molar-refractivity contribution in [1.29, 1.82) is 0 Å². The first kappa shape index (κ1) is 20.3. The van der Waals surface area contributed by atoms with Crippen LogP contribution in [0.3, 0.4) is 0 Å². The first-order chi connectivity index (χ1) is 14.0. The van der Waals surface area contributed by atoms with E-state index >= 15 is 0 Å². The van der Waals surface area contributed by atoms with Crippen molar-refractivity contribution < 1.29 is 9.90 Å². The zero-order valence-corrected chi connectivity index (χ0v) is 17.5. The summed E-state index contributed by atoms with van der Waals surface area (Å²) < 4.78 is 0. The fraction of sp³-hybridized carbons (Fsp3) is 0.348. The third kappa shape index (κ3) is 4.61. The van der Waals surface area contributed by atoms with Gasteiger partial charge in [0.05, 0.1) is 0 Å². The Morgan fingerprint density at radius 3 is 2.34 bits per heavy atom. The molecule has 0 spiro atoms. The number of hydrogen-bond donors (Lipinski definition) is 3. The van der Waals surface area contributed by atoms with Gasteiger partial charge in [0.15, 0.2) is 0 Å². The number of hydrogen-bond acceptors (Lipinski definition) is 3. The van der Waals surface area contributed by atoms with Gasteiger partial charge in [-0.1, -0.05) is 53.5 Å². The fourth-order valence-corrected chi connectivity index (χ4v) is 4.83. The minimum atomic E-state index is -1.07. The highest BCUT2D eigenvalue weighted by Crippen LogP contribution is 2.39. The molecule has 1 fully saturated rings. The molecular formula is C23H24Cl2N2O2. The molecule has 3 N–H and O–H groups in total. The van der Waals surface area contributed by atoms with Crippen LogP contribution in [-0.2, 0) is 11.2 Å². The normalized spacial score (nSPS) is 24.8. The lowest BCUT2D eigenvalue weighted by atomic mass is 9.76. The summed E-state index contributed by atoms with van der Waals surface area (Å²) in [5, 5.41) is 16.9. The Balaban J connectivity index is 1.57. The van der Waals surface area contributed by atoms with Crippen molar-refractivity contribution >= 4 is 29.1 Å². The Morgan fingerprint density at radius 1 is 0.931 bits per heavy atom. The van der Waals surface area contributed by atoms with E-state index in [2.05, 4.69) is 34.9 Å². The van der Waals surface area contributed by atoms with Crippen LogP contribution in [0.15, 0.2) is 59.8 Å². The second kappa shape index (κ2) is 8.78. The van der Waals surface area contributed by atoms with Gasteiger partial charge in [-0.3, -0.25) is 4.79 Å². The van der Waals surface area contributed by atoms with Gasteiger partial charge in [-0.25, -0.2) is 0 Å². The van der Waals surface area contributed by atoms with E-state index in [1.807, 2.05) is 6.07 Å². The Bertz CT molecular complexity index is 922. The third-order valence-electron chi connectivity index (χ3n) is 5.94. The molecule has 0 radical (unpaired) electrons. The van der Waals surface area contributed by atoms with Crippen LogP contribution >= 0.6 is 23.2 Å². The van der Waals surface area contributed by atoms with Crippen LogP contribution in [0, 0.1) is 5.92 Å². The van der Waals surface area contributed by atoms with E-state index in [-0.39, 0.29) is 11.8 Å². The molecule has 1 aliphatic heterocycles. The molecule has 1 amide bonds. The summed E-state index contributed by atoms with van der Waals surface area (Å²) >= 11 is 12.5. The van der Waals surface area contributed by atoms with Gasteiger partial charge >= 0.3 is 0 Å². The molecule has 4 rings (SSSR count). The lowest BCUT2D eigenvalue weighted by Gasteiger charge is -2.35. The zero-order valence-electron chi connectivity index (χ0n) is 16.0. The van der Waals surface area contributed by atoms with Crippen molar-refractivity contribution in [2.24, 2.45) is 5.92 Å². The number of allylic oxidation sites excluding steroid dienone is 1. The number of aliphatic hydroxyl groups is 1. The summed E-state index contributed by atoms with van der Waals surface area (Å²) in [6.45, 7) is 0. The van der Waals surface area contributed by atoms with Gasteiger partial charge in [-0.05, 0) is 66.8 Å². The average Bonchev–Trinajstić information content (AvgIpc) is 2.73. The van der Waals surface area contributed by atoms with Crippen LogP contribution in [0.2, 0.25) is 10.0 Å². The molecule has 1 aliphatic carbocycles. The number of benzene rings is 2. The van der Waals surface area contributed by atoms with Crippen molar-refractivity contribution in [3.8, 4) is 0 Å². The van der Waals surface area contributed by atoms with E-state index in [1.54, 1.807) is 18.2 Å². The predicted molar refractivity (Wildman–Crippen MR) is 116 cm³/mol. The number of amides is 1. The predicted octanol–water partition coefficient (Wildman–Crippen LogP) is 4.76. The Labute approximate surface area is 180 Å². The van der Waals surface area contributed by atoms with Gasteiger partial charge in [0.1, 0.15) is 0 Å². The maximum Gasteiger partial charge on any atom is 0.252 e. The van der Waals surface area contributed by atoms with Gasteiger partial charge in [0.2, 0.25) is 6.35 Å². The van der Waals surface area contributed by atoms with Crippen LogP contribution in [0.25, 0.3) is 0 Å². The first-order valence-electron chi connectivity index (χ1n) is 9.98. The van der Waals surface area contributed by atoms with Crippen LogP contribution in [0.4, 0.5) is 0 Å². The molecule has 6 heteroatoms. The summed E-state index contributed by atoms with van der Waals surface area (Å²) in [4.78, 5) is 12.7. The third-order valence-corrected chi connectivity index (χ3v) is 6.54. The molecule has 1 atom stereocenters. The van der Waals surface area contributed by atoms with Crippen molar-refractivity contribution in [3.05, 3.63) is 81.0 Å². The topological polar surface area (TPSA) is 61.4 Å². The number of nitrogens with one attached hydrogen (secondary N) is 2. The highest BCUT2D eigenvalue weighted by Gasteiger charge is 2.32. The minimum absolute atomic E-state index is 0.212. The zero-order chi connectivity index (χ0) is 20.4. The number of aliphatic hydroxyl groups excluding tert-OH is 1. The molecule has 1 saturated carbocycles. The molecule has 2 aromatic rings. The summed E-state index contributed by atoms with van der Waals surface area (Å²) in [5.41, 5.74) is 3.64. The molecule has 4 nitrogen and oxygen atoms in total. The molecule has 2 aliphatic rings. The van der Waals surface area contributed by atoms with E-state index in [0.29, 0.717) is 28.0 Å². The van der Waals surface area contributed by atoms with E-state index in [0.717, 1.165) is 36.9 Å². The van der Waals surface area contributed by atoms with Crippen LogP contribution in [0.5, 0.6) is 0 Å². The van der Waals surface area contributed by atoms with Gasteiger partial charge < -0.3 is 15.7 Å². The molecular weight excluding hydrogens is 407 g/mol. The number of halogens is 2. The molecule has 2 aromatic carbocycles.